The van der Waals surface area contributed by atoms with Gasteiger partial charge in [-0.25, -0.2) is 4.79 Å². The number of benzene rings is 1. The molecule has 1 heterocycles. The minimum atomic E-state index is -1.17. The third-order valence-electron chi connectivity index (χ3n) is 4.60. The van der Waals surface area contributed by atoms with Gasteiger partial charge in [0, 0.05) is 24.7 Å². The van der Waals surface area contributed by atoms with Crippen molar-refractivity contribution in [2.24, 2.45) is 5.92 Å². The molecule has 28 heavy (non-hydrogen) atoms. The van der Waals surface area contributed by atoms with Crippen LogP contribution in [0, 0.1) is 16.0 Å². The van der Waals surface area contributed by atoms with E-state index < -0.39 is 34.7 Å². The van der Waals surface area contributed by atoms with E-state index in [1.54, 1.807) is 0 Å². The van der Waals surface area contributed by atoms with Crippen molar-refractivity contribution in [2.45, 2.75) is 24.8 Å². The summed E-state index contributed by atoms with van der Waals surface area (Å²) in [7, 11) is 2.38. The number of rotatable bonds is 8. The lowest BCUT2D eigenvalue weighted by molar-refractivity contribution is -0.384. The molecule has 0 bridgehead atoms. The minimum absolute atomic E-state index is 0.137. The van der Waals surface area contributed by atoms with E-state index in [1.807, 2.05) is 0 Å². The third-order valence-corrected chi connectivity index (χ3v) is 4.60. The second-order valence-electron chi connectivity index (χ2n) is 6.31. The van der Waals surface area contributed by atoms with Crippen molar-refractivity contribution in [3.8, 4) is 0 Å². The van der Waals surface area contributed by atoms with Crippen LogP contribution in [0.1, 0.15) is 24.3 Å². The van der Waals surface area contributed by atoms with Gasteiger partial charge in [-0.1, -0.05) is 12.1 Å². The maximum atomic E-state index is 12.5. The molecule has 0 radical (unpaired) electrons. The summed E-state index contributed by atoms with van der Waals surface area (Å²) in [5.41, 5.74) is 0.316. The number of amides is 1. The molecule has 0 saturated carbocycles. The average Bonchev–Trinajstić information content (AvgIpc) is 3.24. The second-order valence-corrected chi connectivity index (χ2v) is 6.31. The number of carbonyl (C=O) groups excluding carboxylic acids is 3. The lowest BCUT2D eigenvalue weighted by Gasteiger charge is -2.26. The Morgan fingerprint density at radius 3 is 2.43 bits per heavy atom. The molecule has 0 aromatic heterocycles. The summed E-state index contributed by atoms with van der Waals surface area (Å²) in [5.74, 6) is -2.95. The zero-order valence-corrected chi connectivity index (χ0v) is 15.6. The van der Waals surface area contributed by atoms with E-state index in [-0.39, 0.29) is 24.6 Å². The fourth-order valence-corrected chi connectivity index (χ4v) is 3.00. The smallest absolute Gasteiger partial charge is 0.329 e. The van der Waals surface area contributed by atoms with Crippen LogP contribution < -0.4 is 5.32 Å². The summed E-state index contributed by atoms with van der Waals surface area (Å²) in [6, 6.07) is 4.24. The van der Waals surface area contributed by atoms with Crippen molar-refractivity contribution in [2.75, 3.05) is 27.4 Å². The topological polar surface area (TPSA) is 134 Å². The average molecular weight is 394 g/mol. The molecule has 1 aliphatic heterocycles. The van der Waals surface area contributed by atoms with Crippen LogP contribution >= 0.6 is 0 Å². The summed E-state index contributed by atoms with van der Waals surface area (Å²) < 4.78 is 14.7. The predicted molar refractivity (Wildman–Crippen MR) is 95.3 cm³/mol. The first-order valence-electron chi connectivity index (χ1n) is 8.64. The number of methoxy groups -OCH3 is 2. The number of carbonyl (C=O) groups is 3. The highest BCUT2D eigenvalue weighted by molar-refractivity contribution is 5.87. The molecule has 10 heteroatoms. The minimum Gasteiger partial charge on any atom is -0.469 e. The molecule has 2 rings (SSSR count). The molecule has 10 nitrogen and oxygen atoms in total. The van der Waals surface area contributed by atoms with E-state index in [0.29, 0.717) is 18.6 Å². The van der Waals surface area contributed by atoms with Crippen molar-refractivity contribution in [1.82, 2.24) is 5.32 Å². The standard InChI is InChI=1S/C18H22N2O8/c1-26-15(21)9-14(11-3-5-13(6-4-11)20(24)25)16(18(23)27-2)19-17(22)12-7-8-28-10-12/h3-6,12,14,16H,7-10H2,1-2H3,(H,19,22)/t12-,14+,16+/m1/s1. The Kier molecular flexibility index (Phi) is 7.44. The third kappa shape index (κ3) is 5.26. The molecule has 1 amide bonds. The maximum Gasteiger partial charge on any atom is 0.329 e. The van der Waals surface area contributed by atoms with Crippen LogP contribution in [0.2, 0.25) is 0 Å². The lowest BCUT2D eigenvalue weighted by atomic mass is 9.87. The van der Waals surface area contributed by atoms with E-state index in [1.165, 1.54) is 38.5 Å². The Labute approximate surface area is 161 Å². The molecule has 0 aliphatic carbocycles. The molecule has 0 spiro atoms. The van der Waals surface area contributed by atoms with Crippen molar-refractivity contribution in [3.63, 3.8) is 0 Å². The number of nitrogens with one attached hydrogen (secondary N) is 1. The lowest BCUT2D eigenvalue weighted by Crippen LogP contribution is -2.48. The van der Waals surface area contributed by atoms with Gasteiger partial charge in [0.2, 0.25) is 5.91 Å². The van der Waals surface area contributed by atoms with Crippen LogP contribution in [-0.4, -0.2) is 56.2 Å². The number of ether oxygens (including phenoxy) is 3. The number of hydrogen-bond donors (Lipinski definition) is 1. The van der Waals surface area contributed by atoms with Crippen molar-refractivity contribution in [1.29, 1.82) is 0 Å². The van der Waals surface area contributed by atoms with E-state index in [0.717, 1.165) is 0 Å². The molecule has 1 fully saturated rings. The van der Waals surface area contributed by atoms with Gasteiger partial charge in [-0.3, -0.25) is 19.7 Å². The normalized spacial score (nSPS) is 18.0. The van der Waals surface area contributed by atoms with Crippen molar-refractivity contribution in [3.05, 3.63) is 39.9 Å². The van der Waals surface area contributed by atoms with Gasteiger partial charge < -0.3 is 19.5 Å². The van der Waals surface area contributed by atoms with E-state index >= 15 is 0 Å². The highest BCUT2D eigenvalue weighted by atomic mass is 16.6. The van der Waals surface area contributed by atoms with Crippen LogP contribution in [0.5, 0.6) is 0 Å². The van der Waals surface area contributed by atoms with Crippen molar-refractivity contribution < 1.29 is 33.5 Å². The van der Waals surface area contributed by atoms with Gasteiger partial charge in [0.25, 0.3) is 5.69 Å². The Hall–Kier alpha value is -3.01. The van der Waals surface area contributed by atoms with Crippen LogP contribution in [-0.2, 0) is 28.6 Å². The van der Waals surface area contributed by atoms with Gasteiger partial charge in [0.1, 0.15) is 6.04 Å². The fourth-order valence-electron chi connectivity index (χ4n) is 3.00. The number of nitro groups is 1. The number of hydrogen-bond acceptors (Lipinski definition) is 8. The van der Waals surface area contributed by atoms with E-state index in [2.05, 4.69) is 5.32 Å². The fraction of sp³-hybridized carbons (Fsp3) is 0.500. The summed E-state index contributed by atoms with van der Waals surface area (Å²) in [6.07, 6.45) is 0.300. The number of esters is 2. The zero-order valence-electron chi connectivity index (χ0n) is 15.6. The van der Waals surface area contributed by atoms with E-state index in [9.17, 15) is 24.5 Å². The molecule has 1 aromatic carbocycles. The summed E-state index contributed by atoms with van der Waals surface area (Å²) in [6.45, 7) is 0.702. The Morgan fingerprint density at radius 2 is 1.93 bits per heavy atom. The van der Waals surface area contributed by atoms with Gasteiger partial charge >= 0.3 is 11.9 Å². The molecule has 3 atom stereocenters. The van der Waals surface area contributed by atoms with Crippen LogP contribution in [0.25, 0.3) is 0 Å². The summed E-state index contributed by atoms with van der Waals surface area (Å²) in [4.78, 5) is 47.1. The SMILES string of the molecule is COC(=O)C[C@@H](c1ccc([N+](=O)[O-])cc1)[C@H](NC(=O)[C@@H]1CCOC1)C(=O)OC. The first kappa shape index (κ1) is 21.3. The number of nitrogens with zero attached hydrogens (tertiary/aromatic N) is 1. The predicted octanol–water partition coefficient (Wildman–Crippen LogP) is 0.936. The molecule has 0 unspecified atom stereocenters. The quantitative estimate of drug-likeness (QED) is 0.391. The molecular formula is C18H22N2O8. The maximum absolute atomic E-state index is 12.5. The van der Waals surface area contributed by atoms with Gasteiger partial charge in [-0.05, 0) is 12.0 Å². The Morgan fingerprint density at radius 1 is 1.25 bits per heavy atom. The molecular weight excluding hydrogens is 372 g/mol. The second kappa shape index (κ2) is 9.79. The highest BCUT2D eigenvalue weighted by Gasteiger charge is 2.36. The molecule has 1 aliphatic rings. The van der Waals surface area contributed by atoms with Gasteiger partial charge in [0.15, 0.2) is 0 Å². The Balaban J connectivity index is 2.33. The zero-order chi connectivity index (χ0) is 20.7. The van der Waals surface area contributed by atoms with Crippen molar-refractivity contribution >= 4 is 23.5 Å². The molecule has 152 valence electrons. The summed E-state index contributed by atoms with van der Waals surface area (Å²) >= 11 is 0. The van der Waals surface area contributed by atoms with E-state index in [4.69, 9.17) is 14.2 Å². The molecule has 1 saturated heterocycles. The first-order chi connectivity index (χ1) is 13.4. The van der Waals surface area contributed by atoms with Gasteiger partial charge in [-0.2, -0.15) is 0 Å². The highest BCUT2D eigenvalue weighted by Crippen LogP contribution is 2.28. The largest absolute Gasteiger partial charge is 0.469 e. The molecule has 1 N–H and O–H groups in total. The number of non-ortho nitro benzene ring substituents is 1. The Bertz CT molecular complexity index is 728. The molecule has 1 aromatic rings. The van der Waals surface area contributed by atoms with Crippen LogP contribution in [0.4, 0.5) is 5.69 Å². The number of nitro benzene ring substituents is 1. The van der Waals surface area contributed by atoms with Crippen LogP contribution in [0.3, 0.4) is 0 Å². The monoisotopic (exact) mass is 394 g/mol. The van der Waals surface area contributed by atoms with Gasteiger partial charge in [-0.15, -0.1) is 0 Å². The van der Waals surface area contributed by atoms with Crippen LogP contribution in [0.15, 0.2) is 24.3 Å². The van der Waals surface area contributed by atoms with Gasteiger partial charge in [0.05, 0.1) is 38.1 Å². The summed E-state index contributed by atoms with van der Waals surface area (Å²) in [5, 5.41) is 13.5. The first-order valence-corrected chi connectivity index (χ1v) is 8.64.